The standard InChI is InChI=1S/C26H26N4O5/c1-29(26(24(32)33)12-7-13-26)23(31)21-14-22(30(2)28-21)27-25(34)35-15-20-18-10-5-3-8-16(18)17-9-4-6-11-19(17)20/h3-6,8-11,14,20H,7,12-13,15H2,1-2H3,(H,27,34)(H,32,33). The van der Waals surface area contributed by atoms with E-state index in [1.165, 1.54) is 22.7 Å². The Bertz CT molecular complexity index is 1280. The summed E-state index contributed by atoms with van der Waals surface area (Å²) in [5.41, 5.74) is 3.36. The number of hydrogen-bond donors (Lipinski definition) is 2. The van der Waals surface area contributed by atoms with E-state index in [9.17, 15) is 19.5 Å². The van der Waals surface area contributed by atoms with E-state index in [2.05, 4.69) is 22.5 Å². The summed E-state index contributed by atoms with van der Waals surface area (Å²) in [4.78, 5) is 38.5. The summed E-state index contributed by atoms with van der Waals surface area (Å²) in [6, 6.07) is 17.6. The summed E-state index contributed by atoms with van der Waals surface area (Å²) < 4.78 is 6.92. The van der Waals surface area contributed by atoms with Crippen LogP contribution in [0.4, 0.5) is 10.6 Å². The highest BCUT2D eigenvalue weighted by atomic mass is 16.5. The molecule has 9 heteroatoms. The molecule has 0 atom stereocenters. The lowest BCUT2D eigenvalue weighted by Crippen LogP contribution is -2.59. The molecule has 0 spiro atoms. The second-order valence-corrected chi connectivity index (χ2v) is 9.04. The molecule has 0 bridgehead atoms. The highest BCUT2D eigenvalue weighted by molar-refractivity contribution is 5.98. The van der Waals surface area contributed by atoms with Gasteiger partial charge in [0.15, 0.2) is 5.69 Å². The number of benzene rings is 2. The van der Waals surface area contributed by atoms with Crippen molar-refractivity contribution in [2.45, 2.75) is 30.7 Å². The van der Waals surface area contributed by atoms with Crippen LogP contribution in [0.3, 0.4) is 0 Å². The Morgan fingerprint density at radius 2 is 1.71 bits per heavy atom. The Balaban J connectivity index is 1.26. The number of carbonyl (C=O) groups excluding carboxylic acids is 2. The molecule has 2 N–H and O–H groups in total. The molecule has 0 saturated heterocycles. The fraction of sp³-hybridized carbons (Fsp3) is 0.308. The minimum absolute atomic E-state index is 0.0523. The van der Waals surface area contributed by atoms with Crippen LogP contribution in [0.25, 0.3) is 11.1 Å². The molecule has 35 heavy (non-hydrogen) atoms. The summed E-state index contributed by atoms with van der Waals surface area (Å²) >= 11 is 0. The Labute approximate surface area is 202 Å². The number of ether oxygens (including phenoxy) is 1. The van der Waals surface area contributed by atoms with Gasteiger partial charge < -0.3 is 14.7 Å². The van der Waals surface area contributed by atoms with Crippen LogP contribution in [-0.4, -0.2) is 57.0 Å². The molecule has 9 nitrogen and oxygen atoms in total. The number of fused-ring (bicyclic) bond motifs is 3. The first-order chi connectivity index (χ1) is 16.8. The Hall–Kier alpha value is -4.14. The van der Waals surface area contributed by atoms with Gasteiger partial charge >= 0.3 is 12.1 Å². The highest BCUT2D eigenvalue weighted by Gasteiger charge is 2.50. The molecule has 1 heterocycles. The fourth-order valence-electron chi connectivity index (χ4n) is 5.00. The second-order valence-electron chi connectivity index (χ2n) is 9.04. The molecule has 3 aromatic rings. The average molecular weight is 475 g/mol. The van der Waals surface area contributed by atoms with Crippen LogP contribution >= 0.6 is 0 Å². The third kappa shape index (κ3) is 3.73. The van der Waals surface area contributed by atoms with Crippen molar-refractivity contribution in [3.05, 3.63) is 71.4 Å². The zero-order valence-corrected chi connectivity index (χ0v) is 19.5. The molecule has 1 fully saturated rings. The van der Waals surface area contributed by atoms with Crippen LogP contribution in [0.5, 0.6) is 0 Å². The molecule has 0 aliphatic heterocycles. The number of carboxylic acids is 1. The number of hydrogen-bond acceptors (Lipinski definition) is 5. The lowest BCUT2D eigenvalue weighted by molar-refractivity contribution is -0.154. The number of carboxylic acid groups (broad SMARTS) is 1. The summed E-state index contributed by atoms with van der Waals surface area (Å²) in [5.74, 6) is -1.33. The Morgan fingerprint density at radius 3 is 2.26 bits per heavy atom. The number of nitrogens with zero attached hydrogens (tertiary/aromatic N) is 3. The van der Waals surface area contributed by atoms with E-state index >= 15 is 0 Å². The molecule has 2 aliphatic carbocycles. The van der Waals surface area contributed by atoms with Gasteiger partial charge in [0.2, 0.25) is 0 Å². The topological polar surface area (TPSA) is 114 Å². The van der Waals surface area contributed by atoms with Crippen molar-refractivity contribution in [2.75, 3.05) is 19.0 Å². The van der Waals surface area contributed by atoms with Gasteiger partial charge in [0.05, 0.1) is 0 Å². The van der Waals surface area contributed by atoms with E-state index in [0.717, 1.165) is 28.7 Å². The predicted molar refractivity (Wildman–Crippen MR) is 128 cm³/mol. The third-order valence-electron chi connectivity index (χ3n) is 7.20. The van der Waals surface area contributed by atoms with Crippen molar-refractivity contribution in [3.8, 4) is 11.1 Å². The minimum atomic E-state index is -1.20. The van der Waals surface area contributed by atoms with Crippen LogP contribution in [0.1, 0.15) is 46.8 Å². The van der Waals surface area contributed by atoms with Gasteiger partial charge in [-0.3, -0.25) is 14.8 Å². The number of carbonyl (C=O) groups is 3. The number of aryl methyl sites for hydroxylation is 1. The first-order valence-corrected chi connectivity index (χ1v) is 11.5. The van der Waals surface area contributed by atoms with Gasteiger partial charge in [0.25, 0.3) is 5.91 Å². The van der Waals surface area contributed by atoms with Gasteiger partial charge in [-0.15, -0.1) is 0 Å². The van der Waals surface area contributed by atoms with E-state index in [1.54, 1.807) is 7.05 Å². The molecule has 2 aromatic carbocycles. The first kappa shape index (κ1) is 22.6. The number of likely N-dealkylation sites (N-methyl/N-ethyl adjacent to an activating group) is 1. The molecule has 1 aromatic heterocycles. The van der Waals surface area contributed by atoms with Crippen LogP contribution in [0, 0.1) is 0 Å². The zero-order valence-electron chi connectivity index (χ0n) is 19.5. The van der Waals surface area contributed by atoms with E-state index in [-0.39, 0.29) is 24.0 Å². The van der Waals surface area contributed by atoms with Crippen LogP contribution < -0.4 is 5.32 Å². The number of anilines is 1. The summed E-state index contributed by atoms with van der Waals surface area (Å²) in [6.45, 7) is 0.160. The normalized spacial score (nSPS) is 15.5. The van der Waals surface area contributed by atoms with Crippen molar-refractivity contribution >= 4 is 23.8 Å². The lowest BCUT2D eigenvalue weighted by Gasteiger charge is -2.44. The largest absolute Gasteiger partial charge is 0.479 e. The molecule has 2 amide bonds. The van der Waals surface area contributed by atoms with E-state index in [0.29, 0.717) is 12.8 Å². The minimum Gasteiger partial charge on any atom is -0.479 e. The maximum Gasteiger partial charge on any atom is 0.412 e. The lowest BCUT2D eigenvalue weighted by atomic mass is 9.75. The molecule has 1 saturated carbocycles. The fourth-order valence-corrected chi connectivity index (χ4v) is 5.00. The number of aromatic nitrogens is 2. The van der Waals surface area contributed by atoms with Gasteiger partial charge in [0.1, 0.15) is 18.0 Å². The van der Waals surface area contributed by atoms with Crippen LogP contribution in [0.2, 0.25) is 0 Å². The second kappa shape index (κ2) is 8.57. The van der Waals surface area contributed by atoms with Crippen LogP contribution in [-0.2, 0) is 16.6 Å². The SMILES string of the molecule is CN(C(=O)c1cc(NC(=O)OCC2c3ccccc3-c3ccccc32)n(C)n1)C1(C(=O)O)CCC1. The number of rotatable bonds is 6. The van der Waals surface area contributed by atoms with Crippen molar-refractivity contribution in [2.24, 2.45) is 7.05 Å². The quantitative estimate of drug-likeness (QED) is 0.561. The Morgan fingerprint density at radius 1 is 1.11 bits per heavy atom. The van der Waals surface area contributed by atoms with Gasteiger partial charge in [0, 0.05) is 26.1 Å². The molecule has 5 rings (SSSR count). The van der Waals surface area contributed by atoms with Crippen molar-refractivity contribution in [1.82, 2.24) is 14.7 Å². The van der Waals surface area contributed by atoms with Crippen LogP contribution in [0.15, 0.2) is 54.6 Å². The predicted octanol–water partition coefficient (Wildman–Crippen LogP) is 3.86. The van der Waals surface area contributed by atoms with Crippen molar-refractivity contribution in [3.63, 3.8) is 0 Å². The zero-order chi connectivity index (χ0) is 24.7. The van der Waals surface area contributed by atoms with Gasteiger partial charge in [-0.05, 0) is 41.5 Å². The third-order valence-corrected chi connectivity index (χ3v) is 7.20. The van der Waals surface area contributed by atoms with Crippen molar-refractivity contribution in [1.29, 1.82) is 0 Å². The molecule has 2 aliphatic rings. The summed E-state index contributed by atoms with van der Waals surface area (Å²) in [5, 5.41) is 16.4. The van der Waals surface area contributed by atoms with Gasteiger partial charge in [-0.1, -0.05) is 48.5 Å². The average Bonchev–Trinajstić information content (AvgIpc) is 3.33. The molecule has 180 valence electrons. The smallest absolute Gasteiger partial charge is 0.412 e. The highest BCUT2D eigenvalue weighted by Crippen LogP contribution is 2.44. The van der Waals surface area contributed by atoms with E-state index in [1.807, 2.05) is 36.4 Å². The monoisotopic (exact) mass is 474 g/mol. The maximum atomic E-state index is 12.9. The van der Waals surface area contributed by atoms with Gasteiger partial charge in [-0.2, -0.15) is 5.10 Å². The molecular weight excluding hydrogens is 448 g/mol. The first-order valence-electron chi connectivity index (χ1n) is 11.5. The number of nitrogens with one attached hydrogen (secondary N) is 1. The van der Waals surface area contributed by atoms with E-state index in [4.69, 9.17) is 4.74 Å². The van der Waals surface area contributed by atoms with Crippen molar-refractivity contribution < 1.29 is 24.2 Å². The van der Waals surface area contributed by atoms with Gasteiger partial charge in [-0.25, -0.2) is 9.59 Å². The Kier molecular flexibility index (Phi) is 5.55. The summed E-state index contributed by atoms with van der Waals surface area (Å²) in [7, 11) is 3.06. The maximum absolute atomic E-state index is 12.9. The number of aliphatic carboxylic acids is 1. The molecule has 0 unspecified atom stereocenters. The van der Waals surface area contributed by atoms with E-state index < -0.39 is 23.5 Å². The number of amides is 2. The molecular formula is C26H26N4O5. The molecule has 0 radical (unpaired) electrons. The summed E-state index contributed by atoms with van der Waals surface area (Å²) in [6.07, 6.45) is 0.897.